The first-order chi connectivity index (χ1) is 11.4. The lowest BCUT2D eigenvalue weighted by molar-refractivity contribution is -0.123. The summed E-state index contributed by atoms with van der Waals surface area (Å²) in [5.41, 5.74) is 0. The van der Waals surface area contributed by atoms with Crippen molar-refractivity contribution in [2.75, 3.05) is 12.4 Å². The van der Waals surface area contributed by atoms with Crippen molar-refractivity contribution in [1.29, 1.82) is 0 Å². The normalized spacial score (nSPS) is 21.2. The summed E-state index contributed by atoms with van der Waals surface area (Å²) in [6.45, 7) is 5.92. The van der Waals surface area contributed by atoms with E-state index in [1.165, 1.54) is 12.1 Å². The van der Waals surface area contributed by atoms with Gasteiger partial charge in [0.25, 0.3) is 0 Å². The SMILES string of the molecule is CC(C)N[C@H]1C[C@@H](Oc2cc(F)cc(OCC(=O)C(C)CS)c2)C1. The van der Waals surface area contributed by atoms with Crippen molar-refractivity contribution in [2.45, 2.75) is 51.8 Å². The molecule has 1 aliphatic rings. The van der Waals surface area contributed by atoms with Gasteiger partial charge in [0.15, 0.2) is 5.78 Å². The molecule has 1 N–H and O–H groups in total. The van der Waals surface area contributed by atoms with Crippen LogP contribution in [0.15, 0.2) is 18.2 Å². The van der Waals surface area contributed by atoms with E-state index in [4.69, 9.17) is 9.47 Å². The molecular weight excluding hydrogens is 329 g/mol. The van der Waals surface area contributed by atoms with Gasteiger partial charge < -0.3 is 14.8 Å². The second kappa shape index (κ2) is 8.72. The van der Waals surface area contributed by atoms with Crippen LogP contribution in [0.2, 0.25) is 0 Å². The molecule has 1 atom stereocenters. The second-order valence-electron chi connectivity index (χ2n) is 6.69. The summed E-state index contributed by atoms with van der Waals surface area (Å²) in [5, 5.41) is 3.44. The highest BCUT2D eigenvalue weighted by atomic mass is 32.1. The van der Waals surface area contributed by atoms with Crippen molar-refractivity contribution in [3.8, 4) is 11.5 Å². The smallest absolute Gasteiger partial charge is 0.173 e. The molecule has 1 saturated carbocycles. The Labute approximate surface area is 148 Å². The second-order valence-corrected chi connectivity index (χ2v) is 7.06. The quantitative estimate of drug-likeness (QED) is 0.668. The lowest BCUT2D eigenvalue weighted by Crippen LogP contribution is -2.49. The Balaban J connectivity index is 1.86. The minimum absolute atomic E-state index is 0.0571. The maximum Gasteiger partial charge on any atom is 0.173 e. The molecule has 0 aliphatic heterocycles. The molecular formula is C18H26FNO3S. The number of ketones is 1. The lowest BCUT2D eigenvalue weighted by Gasteiger charge is -2.37. The summed E-state index contributed by atoms with van der Waals surface area (Å²) in [5.74, 6) is 0.533. The Morgan fingerprint density at radius 3 is 2.58 bits per heavy atom. The average Bonchev–Trinajstić information content (AvgIpc) is 2.48. The summed E-state index contributed by atoms with van der Waals surface area (Å²) in [4.78, 5) is 11.8. The van der Waals surface area contributed by atoms with Crippen LogP contribution in [0.25, 0.3) is 0 Å². The van der Waals surface area contributed by atoms with E-state index in [0.717, 1.165) is 12.8 Å². The third-order valence-electron chi connectivity index (χ3n) is 4.02. The first-order valence-electron chi connectivity index (χ1n) is 8.37. The van der Waals surface area contributed by atoms with Crippen LogP contribution in [-0.4, -0.2) is 36.3 Å². The summed E-state index contributed by atoms with van der Waals surface area (Å²) in [6, 6.07) is 5.14. The van der Waals surface area contributed by atoms with Gasteiger partial charge in [-0.15, -0.1) is 0 Å². The van der Waals surface area contributed by atoms with Crippen LogP contribution in [0.1, 0.15) is 33.6 Å². The monoisotopic (exact) mass is 355 g/mol. The number of hydrogen-bond acceptors (Lipinski definition) is 5. The number of ether oxygens (including phenoxy) is 2. The molecule has 0 radical (unpaired) electrons. The molecule has 2 rings (SSSR count). The minimum atomic E-state index is -0.437. The molecule has 6 heteroatoms. The Morgan fingerprint density at radius 1 is 1.29 bits per heavy atom. The van der Waals surface area contributed by atoms with Crippen LogP contribution < -0.4 is 14.8 Å². The van der Waals surface area contributed by atoms with E-state index >= 15 is 0 Å². The first-order valence-corrected chi connectivity index (χ1v) is 9.00. The number of benzene rings is 1. The average molecular weight is 355 g/mol. The van der Waals surface area contributed by atoms with Gasteiger partial charge in [-0.25, -0.2) is 4.39 Å². The fourth-order valence-corrected chi connectivity index (χ4v) is 2.75. The van der Waals surface area contributed by atoms with E-state index in [9.17, 15) is 9.18 Å². The topological polar surface area (TPSA) is 47.6 Å². The van der Waals surface area contributed by atoms with Gasteiger partial charge in [0.2, 0.25) is 0 Å². The van der Waals surface area contributed by atoms with Gasteiger partial charge >= 0.3 is 0 Å². The van der Waals surface area contributed by atoms with Crippen molar-refractivity contribution >= 4 is 18.4 Å². The molecule has 24 heavy (non-hydrogen) atoms. The Hall–Kier alpha value is -1.27. The van der Waals surface area contributed by atoms with Gasteiger partial charge in [-0.1, -0.05) is 20.8 Å². The highest BCUT2D eigenvalue weighted by Gasteiger charge is 2.31. The zero-order valence-electron chi connectivity index (χ0n) is 14.4. The van der Waals surface area contributed by atoms with Crippen LogP contribution in [-0.2, 0) is 4.79 Å². The Kier molecular flexibility index (Phi) is 6.92. The van der Waals surface area contributed by atoms with Gasteiger partial charge in [0.1, 0.15) is 30.0 Å². The summed E-state index contributed by atoms with van der Waals surface area (Å²) >= 11 is 4.09. The van der Waals surface area contributed by atoms with E-state index < -0.39 is 5.82 Å². The third-order valence-corrected chi connectivity index (χ3v) is 4.56. The first kappa shape index (κ1) is 19.1. The van der Waals surface area contributed by atoms with E-state index in [2.05, 4.69) is 31.8 Å². The summed E-state index contributed by atoms with van der Waals surface area (Å²) in [7, 11) is 0. The molecule has 1 aromatic carbocycles. The molecule has 1 aliphatic carbocycles. The molecule has 1 unspecified atom stereocenters. The van der Waals surface area contributed by atoms with Crippen LogP contribution in [0, 0.1) is 11.7 Å². The maximum absolute atomic E-state index is 13.7. The Morgan fingerprint density at radius 2 is 1.96 bits per heavy atom. The summed E-state index contributed by atoms with van der Waals surface area (Å²) in [6.07, 6.45) is 1.90. The predicted molar refractivity (Wildman–Crippen MR) is 95.6 cm³/mol. The molecule has 0 heterocycles. The molecule has 0 bridgehead atoms. The van der Waals surface area contributed by atoms with E-state index in [0.29, 0.717) is 29.3 Å². The third kappa shape index (κ3) is 5.67. The zero-order valence-corrected chi connectivity index (χ0v) is 15.3. The fraction of sp³-hybridized carbons (Fsp3) is 0.611. The van der Waals surface area contributed by atoms with Gasteiger partial charge in [0.05, 0.1) is 0 Å². The number of nitrogens with one attached hydrogen (secondary N) is 1. The van der Waals surface area contributed by atoms with Gasteiger partial charge in [-0.3, -0.25) is 4.79 Å². The largest absolute Gasteiger partial charge is 0.490 e. The summed E-state index contributed by atoms with van der Waals surface area (Å²) < 4.78 is 24.9. The lowest BCUT2D eigenvalue weighted by atomic mass is 9.88. The number of rotatable bonds is 9. The highest BCUT2D eigenvalue weighted by molar-refractivity contribution is 7.80. The number of carbonyl (C=O) groups is 1. The molecule has 4 nitrogen and oxygen atoms in total. The number of carbonyl (C=O) groups excluding carboxylic acids is 1. The molecule has 1 aromatic rings. The van der Waals surface area contributed by atoms with Crippen molar-refractivity contribution in [3.63, 3.8) is 0 Å². The van der Waals surface area contributed by atoms with E-state index in [-0.39, 0.29) is 24.4 Å². The van der Waals surface area contributed by atoms with Gasteiger partial charge in [-0.2, -0.15) is 12.6 Å². The fourth-order valence-electron chi connectivity index (χ4n) is 2.55. The van der Waals surface area contributed by atoms with Crippen molar-refractivity contribution in [2.24, 2.45) is 5.92 Å². The highest BCUT2D eigenvalue weighted by Crippen LogP contribution is 2.29. The van der Waals surface area contributed by atoms with Gasteiger partial charge in [-0.05, 0) is 18.6 Å². The van der Waals surface area contributed by atoms with Crippen molar-refractivity contribution in [1.82, 2.24) is 5.32 Å². The van der Waals surface area contributed by atoms with Crippen LogP contribution in [0.4, 0.5) is 4.39 Å². The molecule has 0 saturated heterocycles. The zero-order chi connectivity index (χ0) is 17.7. The van der Waals surface area contributed by atoms with Crippen LogP contribution in [0.3, 0.4) is 0 Å². The van der Waals surface area contributed by atoms with E-state index in [1.54, 1.807) is 13.0 Å². The molecule has 0 aromatic heterocycles. The molecule has 1 fully saturated rings. The van der Waals surface area contributed by atoms with Crippen LogP contribution >= 0.6 is 12.6 Å². The minimum Gasteiger partial charge on any atom is -0.490 e. The number of thiol groups is 1. The standard InChI is InChI=1S/C18H26FNO3S/c1-11(2)20-14-6-17(7-14)23-16-5-13(19)4-15(8-16)22-9-18(21)12(3)10-24/h4-5,8,11-12,14,17,20,24H,6-7,9-10H2,1-3H3/t12?,14-,17+. The van der Waals surface area contributed by atoms with Crippen molar-refractivity contribution in [3.05, 3.63) is 24.0 Å². The maximum atomic E-state index is 13.7. The van der Waals surface area contributed by atoms with Crippen LogP contribution in [0.5, 0.6) is 11.5 Å². The van der Waals surface area contributed by atoms with Gasteiger partial charge in [0, 0.05) is 36.2 Å². The Bertz CT molecular complexity index is 561. The molecule has 0 amide bonds. The number of Topliss-reactive ketones (excluding diaryl/α,β-unsaturated/α-hetero) is 1. The number of halogens is 1. The molecule has 134 valence electrons. The predicted octanol–water partition coefficient (Wildman–Crippen LogP) is 3.25. The number of hydrogen-bond donors (Lipinski definition) is 2. The molecule has 0 spiro atoms. The van der Waals surface area contributed by atoms with E-state index in [1.807, 2.05) is 0 Å². The van der Waals surface area contributed by atoms with Crippen molar-refractivity contribution < 1.29 is 18.7 Å².